The maximum absolute atomic E-state index is 11.8. The fraction of sp³-hybridized carbons (Fsp3) is 0.467. The minimum absolute atomic E-state index is 0.00151. The number of nitrogens with zero attached hydrogens (tertiary/aromatic N) is 2. The van der Waals surface area contributed by atoms with E-state index in [1.54, 1.807) is 0 Å². The Kier molecular flexibility index (Phi) is 5.12. The van der Waals surface area contributed by atoms with Crippen molar-refractivity contribution in [3.05, 3.63) is 35.8 Å². The van der Waals surface area contributed by atoms with Crippen molar-refractivity contribution in [2.45, 2.75) is 26.7 Å². The van der Waals surface area contributed by atoms with Gasteiger partial charge in [-0.1, -0.05) is 0 Å². The van der Waals surface area contributed by atoms with Gasteiger partial charge >= 0.3 is 0 Å². The molecule has 2 heterocycles. The molecular formula is C15H21N3O2. The Labute approximate surface area is 119 Å². The van der Waals surface area contributed by atoms with Crippen LogP contribution >= 0.6 is 0 Å². The van der Waals surface area contributed by atoms with Gasteiger partial charge in [-0.05, 0) is 38.0 Å². The summed E-state index contributed by atoms with van der Waals surface area (Å²) in [6.45, 7) is 6.04. The van der Waals surface area contributed by atoms with Gasteiger partial charge in [0.2, 0.25) is 5.91 Å². The highest BCUT2D eigenvalue weighted by molar-refractivity contribution is 5.78. The number of imidazole rings is 1. The molecule has 0 aliphatic carbocycles. The number of aromatic nitrogens is 2. The number of carbonyl (C=O) groups excluding carboxylic acids is 1. The van der Waals surface area contributed by atoms with Crippen molar-refractivity contribution >= 4 is 11.6 Å². The number of pyridine rings is 1. The molecule has 1 N–H and O–H groups in total. The molecule has 0 saturated carbocycles. The van der Waals surface area contributed by atoms with Crippen molar-refractivity contribution in [3.8, 4) is 0 Å². The number of nitrogens with one attached hydrogen (secondary N) is 1. The van der Waals surface area contributed by atoms with Gasteiger partial charge in [0.25, 0.3) is 0 Å². The van der Waals surface area contributed by atoms with Crippen LogP contribution in [0.5, 0.6) is 0 Å². The van der Waals surface area contributed by atoms with Gasteiger partial charge < -0.3 is 14.5 Å². The molecule has 108 valence electrons. The molecule has 0 aliphatic rings. The molecule has 0 unspecified atom stereocenters. The van der Waals surface area contributed by atoms with Gasteiger partial charge in [-0.2, -0.15) is 0 Å². The van der Waals surface area contributed by atoms with Crippen LogP contribution in [-0.2, 0) is 16.0 Å². The summed E-state index contributed by atoms with van der Waals surface area (Å²) in [5, 5.41) is 2.88. The van der Waals surface area contributed by atoms with Crippen molar-refractivity contribution in [2.75, 3.05) is 19.8 Å². The smallest absolute Gasteiger partial charge is 0.226 e. The molecule has 5 heteroatoms. The van der Waals surface area contributed by atoms with Crippen LogP contribution < -0.4 is 5.32 Å². The highest BCUT2D eigenvalue weighted by atomic mass is 16.5. The van der Waals surface area contributed by atoms with Crippen LogP contribution in [0.15, 0.2) is 24.5 Å². The fourth-order valence-electron chi connectivity index (χ4n) is 1.99. The van der Waals surface area contributed by atoms with E-state index >= 15 is 0 Å². The quantitative estimate of drug-likeness (QED) is 0.783. The number of ether oxygens (including phenoxy) is 1. The maximum Gasteiger partial charge on any atom is 0.226 e. The lowest BCUT2D eigenvalue weighted by molar-refractivity contribution is -0.120. The molecule has 0 fully saturated rings. The summed E-state index contributed by atoms with van der Waals surface area (Å²) in [5.41, 5.74) is 2.83. The Morgan fingerprint density at radius 1 is 1.50 bits per heavy atom. The van der Waals surface area contributed by atoms with Crippen LogP contribution in [0.4, 0.5) is 0 Å². The SMILES string of the molecule is CCOCCCNC(=O)Cc1cn2ccc(C)cc2n1. The topological polar surface area (TPSA) is 55.6 Å². The monoisotopic (exact) mass is 275 g/mol. The van der Waals surface area contributed by atoms with E-state index in [0.717, 1.165) is 23.3 Å². The maximum atomic E-state index is 11.8. The number of carbonyl (C=O) groups is 1. The van der Waals surface area contributed by atoms with Gasteiger partial charge in [-0.3, -0.25) is 4.79 Å². The van der Waals surface area contributed by atoms with E-state index in [4.69, 9.17) is 4.74 Å². The van der Waals surface area contributed by atoms with Gasteiger partial charge in [0.05, 0.1) is 12.1 Å². The van der Waals surface area contributed by atoms with Gasteiger partial charge in [-0.25, -0.2) is 4.98 Å². The number of hydrogen-bond donors (Lipinski definition) is 1. The minimum atomic E-state index is 0.00151. The van der Waals surface area contributed by atoms with E-state index in [2.05, 4.69) is 10.3 Å². The molecule has 0 aromatic carbocycles. The Bertz CT molecular complexity index is 578. The first-order valence-electron chi connectivity index (χ1n) is 6.97. The number of fused-ring (bicyclic) bond motifs is 1. The van der Waals surface area contributed by atoms with Crippen LogP contribution in [-0.4, -0.2) is 35.1 Å². The molecular weight excluding hydrogens is 254 g/mol. The Morgan fingerprint density at radius 2 is 2.35 bits per heavy atom. The summed E-state index contributed by atoms with van der Waals surface area (Å²) < 4.78 is 7.15. The second kappa shape index (κ2) is 7.05. The molecule has 0 radical (unpaired) electrons. The lowest BCUT2D eigenvalue weighted by Crippen LogP contribution is -2.26. The average molecular weight is 275 g/mol. The van der Waals surface area contributed by atoms with E-state index in [1.165, 1.54) is 0 Å². The van der Waals surface area contributed by atoms with E-state index in [0.29, 0.717) is 26.2 Å². The Hall–Kier alpha value is -1.88. The molecule has 0 bridgehead atoms. The Morgan fingerprint density at radius 3 is 3.15 bits per heavy atom. The molecule has 2 aromatic heterocycles. The predicted octanol–water partition coefficient (Wildman–Crippen LogP) is 1.73. The third-order valence-corrected chi connectivity index (χ3v) is 3.00. The number of hydrogen-bond acceptors (Lipinski definition) is 3. The molecule has 0 atom stereocenters. The largest absolute Gasteiger partial charge is 0.382 e. The van der Waals surface area contributed by atoms with Crippen LogP contribution in [0, 0.1) is 6.92 Å². The lowest BCUT2D eigenvalue weighted by Gasteiger charge is -2.03. The molecule has 1 amide bonds. The van der Waals surface area contributed by atoms with E-state index in [1.807, 2.05) is 42.8 Å². The summed E-state index contributed by atoms with van der Waals surface area (Å²) >= 11 is 0. The highest BCUT2D eigenvalue weighted by Gasteiger charge is 2.07. The van der Waals surface area contributed by atoms with Crippen LogP contribution in [0.25, 0.3) is 5.65 Å². The second-order valence-electron chi connectivity index (χ2n) is 4.78. The fourth-order valence-corrected chi connectivity index (χ4v) is 1.99. The van der Waals surface area contributed by atoms with E-state index in [9.17, 15) is 4.79 Å². The third kappa shape index (κ3) is 4.06. The van der Waals surface area contributed by atoms with Crippen molar-refractivity contribution < 1.29 is 9.53 Å². The van der Waals surface area contributed by atoms with Crippen molar-refractivity contribution in [3.63, 3.8) is 0 Å². The predicted molar refractivity (Wildman–Crippen MR) is 77.8 cm³/mol. The minimum Gasteiger partial charge on any atom is -0.382 e. The zero-order valence-corrected chi connectivity index (χ0v) is 12.1. The molecule has 2 aromatic rings. The lowest BCUT2D eigenvalue weighted by atomic mass is 10.3. The average Bonchev–Trinajstić information content (AvgIpc) is 2.79. The summed E-state index contributed by atoms with van der Waals surface area (Å²) in [5.74, 6) is 0.00151. The molecule has 5 nitrogen and oxygen atoms in total. The number of amides is 1. The summed E-state index contributed by atoms with van der Waals surface area (Å²) in [7, 11) is 0. The van der Waals surface area contributed by atoms with Gasteiger partial charge in [0, 0.05) is 32.2 Å². The molecule has 2 rings (SSSR count). The zero-order valence-electron chi connectivity index (χ0n) is 12.1. The third-order valence-electron chi connectivity index (χ3n) is 3.00. The number of aryl methyl sites for hydroxylation is 1. The first kappa shape index (κ1) is 14.5. The molecule has 20 heavy (non-hydrogen) atoms. The van der Waals surface area contributed by atoms with Crippen molar-refractivity contribution in [1.82, 2.24) is 14.7 Å². The summed E-state index contributed by atoms with van der Waals surface area (Å²) in [6, 6.07) is 4.02. The van der Waals surface area contributed by atoms with Gasteiger partial charge in [0.15, 0.2) is 0 Å². The summed E-state index contributed by atoms with van der Waals surface area (Å²) in [4.78, 5) is 16.2. The van der Waals surface area contributed by atoms with Crippen LogP contribution in [0.2, 0.25) is 0 Å². The van der Waals surface area contributed by atoms with E-state index in [-0.39, 0.29) is 5.91 Å². The number of rotatable bonds is 7. The van der Waals surface area contributed by atoms with Gasteiger partial charge in [0.1, 0.15) is 5.65 Å². The van der Waals surface area contributed by atoms with Crippen LogP contribution in [0.1, 0.15) is 24.6 Å². The first-order valence-corrected chi connectivity index (χ1v) is 6.97. The molecule has 0 spiro atoms. The summed E-state index contributed by atoms with van der Waals surface area (Å²) in [6.07, 6.45) is 5.01. The van der Waals surface area contributed by atoms with Gasteiger partial charge in [-0.15, -0.1) is 0 Å². The van der Waals surface area contributed by atoms with Crippen molar-refractivity contribution in [2.24, 2.45) is 0 Å². The molecule has 0 aliphatic heterocycles. The first-order chi connectivity index (χ1) is 9.69. The highest BCUT2D eigenvalue weighted by Crippen LogP contribution is 2.08. The Balaban J connectivity index is 1.83. The normalized spacial score (nSPS) is 10.9. The standard InChI is InChI=1S/C15H21N3O2/c1-3-20-8-4-6-16-15(19)10-13-11-18-7-5-12(2)9-14(18)17-13/h5,7,9,11H,3-4,6,8,10H2,1-2H3,(H,16,19). The van der Waals surface area contributed by atoms with E-state index < -0.39 is 0 Å². The zero-order chi connectivity index (χ0) is 14.4. The van der Waals surface area contributed by atoms with Crippen molar-refractivity contribution in [1.29, 1.82) is 0 Å². The van der Waals surface area contributed by atoms with Crippen LogP contribution in [0.3, 0.4) is 0 Å². The second-order valence-corrected chi connectivity index (χ2v) is 4.78. The molecule has 0 saturated heterocycles.